The number of hydrogen-bond acceptors (Lipinski definition) is 3. The number of azide groups is 1. The van der Waals surface area contributed by atoms with Crippen molar-refractivity contribution in [2.75, 3.05) is 19.4 Å². The van der Waals surface area contributed by atoms with E-state index in [1.165, 1.54) is 30.9 Å². The van der Waals surface area contributed by atoms with Crippen LogP contribution in [0.5, 0.6) is 0 Å². The number of carbonyl (C=O) groups excluding carboxylic acids is 2. The molecule has 0 fully saturated rings. The number of amides is 2. The van der Waals surface area contributed by atoms with Crippen molar-refractivity contribution in [3.05, 3.63) is 39.2 Å². The molecule has 2 amide bonds. The van der Waals surface area contributed by atoms with Crippen molar-refractivity contribution in [1.29, 1.82) is 0 Å². The fourth-order valence-corrected chi connectivity index (χ4v) is 1.71. The van der Waals surface area contributed by atoms with Crippen LogP contribution in [0.4, 0.5) is 5.69 Å². The summed E-state index contributed by atoms with van der Waals surface area (Å²) in [5.41, 5.74) is 7.96. The van der Waals surface area contributed by atoms with Crippen LogP contribution in [0.3, 0.4) is 0 Å². The molecule has 0 aromatic heterocycles. The van der Waals surface area contributed by atoms with E-state index < -0.39 is 11.4 Å². The van der Waals surface area contributed by atoms with Crippen molar-refractivity contribution in [3.8, 4) is 0 Å². The van der Waals surface area contributed by atoms with Gasteiger partial charge in [0.15, 0.2) is 0 Å². The van der Waals surface area contributed by atoms with Crippen molar-refractivity contribution in [1.82, 2.24) is 4.90 Å². The summed E-state index contributed by atoms with van der Waals surface area (Å²) in [6.07, 6.45) is 0. The highest BCUT2D eigenvalue weighted by Crippen LogP contribution is 2.23. The second-order valence-corrected chi connectivity index (χ2v) is 5.50. The minimum Gasteiger partial charge on any atom is -0.345 e. The van der Waals surface area contributed by atoms with Crippen LogP contribution in [0.2, 0.25) is 5.02 Å². The highest BCUT2D eigenvalue weighted by atomic mass is 35.5. The van der Waals surface area contributed by atoms with Crippen LogP contribution >= 0.6 is 11.6 Å². The van der Waals surface area contributed by atoms with E-state index in [9.17, 15) is 9.59 Å². The van der Waals surface area contributed by atoms with E-state index >= 15 is 0 Å². The summed E-state index contributed by atoms with van der Waals surface area (Å²) < 4.78 is 0. The maximum absolute atomic E-state index is 12.0. The predicted octanol–water partition coefficient (Wildman–Crippen LogP) is 3.07. The number of hydrogen-bond donors (Lipinski definition) is 1. The monoisotopic (exact) mass is 309 g/mol. The lowest BCUT2D eigenvalue weighted by atomic mass is 10.1. The normalized spacial score (nSPS) is 10.5. The first-order valence-corrected chi connectivity index (χ1v) is 6.45. The summed E-state index contributed by atoms with van der Waals surface area (Å²) in [5, 5.41) is 6.24. The van der Waals surface area contributed by atoms with Crippen LogP contribution in [0, 0.1) is 0 Å². The number of carbonyl (C=O) groups is 2. The molecule has 1 aromatic rings. The van der Waals surface area contributed by atoms with Crippen molar-refractivity contribution in [3.63, 3.8) is 0 Å². The van der Waals surface area contributed by atoms with Crippen LogP contribution < -0.4 is 5.32 Å². The summed E-state index contributed by atoms with van der Waals surface area (Å²) in [6.45, 7) is 2.99. The zero-order valence-corrected chi connectivity index (χ0v) is 13.0. The van der Waals surface area contributed by atoms with E-state index in [0.29, 0.717) is 11.3 Å². The molecule has 21 heavy (non-hydrogen) atoms. The van der Waals surface area contributed by atoms with Crippen molar-refractivity contribution >= 4 is 29.1 Å². The standard InChI is InChI=1S/C13H16ClN5O2/c1-13(2,17-18-15)12(21)16-8-5-6-9(10(14)7-8)11(20)19(3)4/h5-7H,1-4H3,(H,16,21). The third-order valence-electron chi connectivity index (χ3n) is 2.71. The zero-order valence-electron chi connectivity index (χ0n) is 12.2. The molecule has 0 unspecified atom stereocenters. The molecular weight excluding hydrogens is 294 g/mol. The quantitative estimate of drug-likeness (QED) is 0.525. The Bertz CT molecular complexity index is 621. The molecule has 112 valence electrons. The molecule has 0 spiro atoms. The van der Waals surface area contributed by atoms with Gasteiger partial charge in [0.1, 0.15) is 5.54 Å². The zero-order chi connectivity index (χ0) is 16.2. The van der Waals surface area contributed by atoms with E-state index in [2.05, 4.69) is 15.3 Å². The highest BCUT2D eigenvalue weighted by molar-refractivity contribution is 6.34. The fraction of sp³-hybridized carbons (Fsp3) is 0.385. The predicted molar refractivity (Wildman–Crippen MR) is 81.3 cm³/mol. The van der Waals surface area contributed by atoms with Gasteiger partial charge in [-0.2, -0.15) is 0 Å². The van der Waals surface area contributed by atoms with Gasteiger partial charge in [-0.15, -0.1) is 0 Å². The Morgan fingerprint density at radius 2 is 2.00 bits per heavy atom. The summed E-state index contributed by atoms with van der Waals surface area (Å²) in [5.74, 6) is -0.699. The lowest BCUT2D eigenvalue weighted by Crippen LogP contribution is -2.34. The number of halogens is 1. The Hall–Kier alpha value is -2.24. The van der Waals surface area contributed by atoms with Crippen LogP contribution in [0.15, 0.2) is 23.3 Å². The molecule has 0 bridgehead atoms. The third kappa shape index (κ3) is 4.11. The fourth-order valence-electron chi connectivity index (χ4n) is 1.45. The van der Waals surface area contributed by atoms with Crippen LogP contribution in [-0.4, -0.2) is 36.3 Å². The second-order valence-electron chi connectivity index (χ2n) is 5.10. The Morgan fingerprint density at radius 1 is 1.38 bits per heavy atom. The molecule has 1 aromatic carbocycles. The maximum Gasteiger partial charge on any atom is 0.254 e. The molecule has 0 heterocycles. The van der Waals surface area contributed by atoms with E-state index in [1.807, 2.05) is 0 Å². The average Bonchev–Trinajstić information content (AvgIpc) is 2.37. The Balaban J connectivity index is 2.98. The van der Waals surface area contributed by atoms with Gasteiger partial charge in [0.25, 0.3) is 5.91 Å². The van der Waals surface area contributed by atoms with Crippen LogP contribution in [-0.2, 0) is 4.79 Å². The molecule has 0 aliphatic heterocycles. The largest absolute Gasteiger partial charge is 0.345 e. The first-order chi connectivity index (χ1) is 9.69. The van der Waals surface area contributed by atoms with E-state index in [0.717, 1.165) is 0 Å². The molecular formula is C13H16ClN5O2. The maximum atomic E-state index is 12.0. The smallest absolute Gasteiger partial charge is 0.254 e. The summed E-state index contributed by atoms with van der Waals surface area (Å²) in [7, 11) is 3.24. The van der Waals surface area contributed by atoms with Crippen molar-refractivity contribution in [2.24, 2.45) is 5.11 Å². The van der Waals surface area contributed by atoms with Gasteiger partial charge in [0.2, 0.25) is 5.91 Å². The van der Waals surface area contributed by atoms with E-state index in [-0.39, 0.29) is 10.9 Å². The van der Waals surface area contributed by atoms with Gasteiger partial charge in [-0.05, 0) is 37.6 Å². The topological polar surface area (TPSA) is 98.2 Å². The molecule has 0 aliphatic rings. The summed E-state index contributed by atoms with van der Waals surface area (Å²) in [6, 6.07) is 4.57. The molecule has 0 saturated heterocycles. The van der Waals surface area contributed by atoms with Crippen LogP contribution in [0.1, 0.15) is 24.2 Å². The molecule has 0 aliphatic carbocycles. The minimum absolute atomic E-state index is 0.229. The van der Waals surface area contributed by atoms with Gasteiger partial charge in [0.05, 0.1) is 10.6 Å². The van der Waals surface area contributed by atoms with Gasteiger partial charge in [-0.25, -0.2) is 0 Å². The van der Waals surface area contributed by atoms with Gasteiger partial charge < -0.3 is 10.2 Å². The lowest BCUT2D eigenvalue weighted by molar-refractivity contribution is -0.120. The Kier molecular flexibility index (Phi) is 5.18. The minimum atomic E-state index is -1.22. The number of nitrogens with zero attached hydrogens (tertiary/aromatic N) is 4. The van der Waals surface area contributed by atoms with E-state index in [4.69, 9.17) is 17.1 Å². The van der Waals surface area contributed by atoms with Gasteiger partial charge in [-0.1, -0.05) is 16.7 Å². The number of anilines is 1. The second kappa shape index (κ2) is 6.47. The number of rotatable bonds is 4. The van der Waals surface area contributed by atoms with Crippen molar-refractivity contribution in [2.45, 2.75) is 19.4 Å². The van der Waals surface area contributed by atoms with Gasteiger partial charge in [0, 0.05) is 24.7 Å². The SMILES string of the molecule is CN(C)C(=O)c1ccc(NC(=O)C(C)(C)N=[N+]=[N-])cc1Cl. The van der Waals surface area contributed by atoms with E-state index in [1.54, 1.807) is 20.2 Å². The molecule has 0 radical (unpaired) electrons. The van der Waals surface area contributed by atoms with Gasteiger partial charge in [-0.3, -0.25) is 9.59 Å². The average molecular weight is 310 g/mol. The molecule has 0 atom stereocenters. The summed E-state index contributed by atoms with van der Waals surface area (Å²) in [4.78, 5) is 27.8. The number of benzene rings is 1. The highest BCUT2D eigenvalue weighted by Gasteiger charge is 2.26. The van der Waals surface area contributed by atoms with Crippen molar-refractivity contribution < 1.29 is 9.59 Å². The molecule has 1 rings (SSSR count). The molecule has 8 heteroatoms. The Labute approximate surface area is 127 Å². The van der Waals surface area contributed by atoms with Crippen LogP contribution in [0.25, 0.3) is 10.4 Å². The molecule has 1 N–H and O–H groups in total. The first-order valence-electron chi connectivity index (χ1n) is 6.08. The third-order valence-corrected chi connectivity index (χ3v) is 3.03. The van der Waals surface area contributed by atoms with Gasteiger partial charge >= 0.3 is 0 Å². The first kappa shape index (κ1) is 16.8. The molecule has 7 nitrogen and oxygen atoms in total. The lowest BCUT2D eigenvalue weighted by Gasteiger charge is -2.18. The summed E-state index contributed by atoms with van der Waals surface area (Å²) >= 11 is 6.05. The number of nitrogens with one attached hydrogen (secondary N) is 1. The molecule has 0 saturated carbocycles. The Morgan fingerprint density at radius 3 is 2.48 bits per heavy atom.